The van der Waals surface area contributed by atoms with E-state index in [0.717, 1.165) is 16.2 Å². The van der Waals surface area contributed by atoms with Gasteiger partial charge in [-0.25, -0.2) is 4.79 Å². The molecule has 2 heterocycles. The summed E-state index contributed by atoms with van der Waals surface area (Å²) in [7, 11) is 0. The van der Waals surface area contributed by atoms with Gasteiger partial charge in [-0.2, -0.15) is 0 Å². The van der Waals surface area contributed by atoms with E-state index in [1.807, 2.05) is 35.7 Å². The molecule has 27 heavy (non-hydrogen) atoms. The monoisotopic (exact) mass is 385 g/mol. The fourth-order valence-electron chi connectivity index (χ4n) is 3.05. The second-order valence-corrected chi connectivity index (χ2v) is 7.85. The predicted octanol–water partition coefficient (Wildman–Crippen LogP) is 3.67. The molecule has 1 aliphatic heterocycles. The van der Waals surface area contributed by atoms with Crippen molar-refractivity contribution in [2.45, 2.75) is 38.6 Å². The minimum atomic E-state index is -1.12. The van der Waals surface area contributed by atoms with Gasteiger partial charge in [-0.1, -0.05) is 32.0 Å². The molecule has 2 atom stereocenters. The van der Waals surface area contributed by atoms with E-state index in [9.17, 15) is 14.4 Å². The summed E-state index contributed by atoms with van der Waals surface area (Å²) < 4.78 is 0. The Kier molecular flexibility index (Phi) is 5.32. The van der Waals surface area contributed by atoms with Crippen molar-refractivity contribution < 1.29 is 14.4 Å². The molecule has 0 saturated carbocycles. The second kappa shape index (κ2) is 7.52. The highest BCUT2D eigenvalue weighted by atomic mass is 32.1. The van der Waals surface area contributed by atoms with Crippen LogP contribution < -0.4 is 10.6 Å². The summed E-state index contributed by atoms with van der Waals surface area (Å²) in [6.45, 7) is 5.61. The van der Waals surface area contributed by atoms with Crippen LogP contribution in [0.1, 0.15) is 43.6 Å². The molecule has 0 aliphatic carbocycles. The number of anilines is 1. The number of thiophene rings is 1. The lowest BCUT2D eigenvalue weighted by Crippen LogP contribution is -2.41. The van der Waals surface area contributed by atoms with Gasteiger partial charge in [0, 0.05) is 10.6 Å². The number of urea groups is 1. The smallest absolute Gasteiger partial charge is 0.325 e. The number of imide groups is 1. The lowest BCUT2D eigenvalue weighted by Gasteiger charge is -2.20. The van der Waals surface area contributed by atoms with Gasteiger partial charge in [-0.3, -0.25) is 14.5 Å². The minimum absolute atomic E-state index is 0.321. The highest BCUT2D eigenvalue weighted by Crippen LogP contribution is 2.31. The largest absolute Gasteiger partial charge is 0.325 e. The lowest BCUT2D eigenvalue weighted by molar-refractivity contribution is -0.133. The molecule has 1 fully saturated rings. The molecule has 1 aliphatic rings. The standard InChI is InChI=1S/C20H23N3O3S/c1-4-13(2)14-7-9-15(10-8-14)21-17(24)12-23-18(25)20(3,22-19(23)26)16-6-5-11-27-16/h5-11,13H,4,12H2,1-3H3,(H,21,24)(H,22,26). The molecule has 6 nitrogen and oxygen atoms in total. The number of nitrogens with zero attached hydrogens (tertiary/aromatic N) is 1. The second-order valence-electron chi connectivity index (χ2n) is 6.90. The molecule has 1 aromatic heterocycles. The number of hydrogen-bond donors (Lipinski definition) is 2. The first-order valence-electron chi connectivity index (χ1n) is 8.93. The van der Waals surface area contributed by atoms with E-state index >= 15 is 0 Å². The van der Waals surface area contributed by atoms with Crippen molar-refractivity contribution in [1.29, 1.82) is 0 Å². The van der Waals surface area contributed by atoms with Crippen LogP contribution in [0.5, 0.6) is 0 Å². The summed E-state index contributed by atoms with van der Waals surface area (Å²) in [5, 5.41) is 7.29. The van der Waals surface area contributed by atoms with E-state index < -0.39 is 23.4 Å². The van der Waals surface area contributed by atoms with Crippen LogP contribution in [0.4, 0.5) is 10.5 Å². The van der Waals surface area contributed by atoms with E-state index in [4.69, 9.17) is 0 Å². The molecule has 2 N–H and O–H groups in total. The van der Waals surface area contributed by atoms with E-state index in [-0.39, 0.29) is 6.54 Å². The molecule has 3 rings (SSSR count). The Hall–Kier alpha value is -2.67. The van der Waals surface area contributed by atoms with Crippen molar-refractivity contribution in [3.05, 3.63) is 52.2 Å². The van der Waals surface area contributed by atoms with Gasteiger partial charge in [0.2, 0.25) is 5.91 Å². The Balaban J connectivity index is 1.66. The molecular formula is C20H23N3O3S. The summed E-state index contributed by atoms with van der Waals surface area (Å²) >= 11 is 1.39. The van der Waals surface area contributed by atoms with E-state index in [0.29, 0.717) is 11.6 Å². The molecular weight excluding hydrogens is 362 g/mol. The van der Waals surface area contributed by atoms with Crippen LogP contribution >= 0.6 is 11.3 Å². The Bertz CT molecular complexity index is 848. The van der Waals surface area contributed by atoms with Gasteiger partial charge in [0.05, 0.1) is 0 Å². The zero-order chi connectivity index (χ0) is 19.6. The number of nitrogens with one attached hydrogen (secondary N) is 2. The maximum absolute atomic E-state index is 12.7. The highest BCUT2D eigenvalue weighted by molar-refractivity contribution is 7.10. The molecule has 2 aromatic rings. The van der Waals surface area contributed by atoms with Crippen molar-refractivity contribution in [2.24, 2.45) is 0 Å². The third-order valence-electron chi connectivity index (χ3n) is 4.97. The number of hydrogen-bond acceptors (Lipinski definition) is 4. The maximum Gasteiger partial charge on any atom is 0.325 e. The SMILES string of the molecule is CCC(C)c1ccc(NC(=O)CN2C(=O)NC(C)(c3cccs3)C2=O)cc1. The van der Waals surface area contributed by atoms with E-state index in [1.165, 1.54) is 16.9 Å². The topological polar surface area (TPSA) is 78.5 Å². The molecule has 0 radical (unpaired) electrons. The number of rotatable bonds is 6. The molecule has 2 unspecified atom stereocenters. The first-order valence-corrected chi connectivity index (χ1v) is 9.81. The summed E-state index contributed by atoms with van der Waals surface area (Å²) in [6.07, 6.45) is 1.04. The number of benzene rings is 1. The number of carbonyl (C=O) groups excluding carboxylic acids is 3. The molecule has 4 amide bonds. The first kappa shape index (κ1) is 19.1. The Morgan fingerprint density at radius 3 is 2.56 bits per heavy atom. The van der Waals surface area contributed by atoms with Gasteiger partial charge in [0.15, 0.2) is 5.54 Å². The van der Waals surface area contributed by atoms with Crippen LogP contribution in [-0.4, -0.2) is 29.3 Å². The van der Waals surface area contributed by atoms with Crippen molar-refractivity contribution in [2.75, 3.05) is 11.9 Å². The molecule has 0 spiro atoms. The van der Waals surface area contributed by atoms with Gasteiger partial charge in [-0.05, 0) is 48.4 Å². The van der Waals surface area contributed by atoms with E-state index in [2.05, 4.69) is 24.5 Å². The fourth-order valence-corrected chi connectivity index (χ4v) is 3.88. The summed E-state index contributed by atoms with van der Waals surface area (Å²) in [4.78, 5) is 39.1. The van der Waals surface area contributed by atoms with Crippen LogP contribution in [0.2, 0.25) is 0 Å². The lowest BCUT2D eigenvalue weighted by atomic mass is 9.99. The molecule has 1 saturated heterocycles. The molecule has 1 aromatic carbocycles. The van der Waals surface area contributed by atoms with Crippen LogP contribution in [0.25, 0.3) is 0 Å². The molecule has 0 bridgehead atoms. The average Bonchev–Trinajstić information content (AvgIpc) is 3.26. The van der Waals surface area contributed by atoms with E-state index in [1.54, 1.807) is 13.0 Å². The molecule has 142 valence electrons. The predicted molar refractivity (Wildman–Crippen MR) is 106 cm³/mol. The zero-order valence-electron chi connectivity index (χ0n) is 15.6. The Morgan fingerprint density at radius 2 is 1.96 bits per heavy atom. The number of amides is 4. The fraction of sp³-hybridized carbons (Fsp3) is 0.350. The number of carbonyl (C=O) groups is 3. The maximum atomic E-state index is 12.7. The zero-order valence-corrected chi connectivity index (χ0v) is 16.4. The normalized spacial score (nSPS) is 20.5. The minimum Gasteiger partial charge on any atom is -0.325 e. The molecule has 7 heteroatoms. The van der Waals surface area contributed by atoms with Crippen LogP contribution in [0, 0.1) is 0 Å². The third kappa shape index (κ3) is 3.73. The van der Waals surface area contributed by atoms with Gasteiger partial charge < -0.3 is 10.6 Å². The van der Waals surface area contributed by atoms with Crippen LogP contribution in [-0.2, 0) is 15.1 Å². The van der Waals surface area contributed by atoms with Crippen LogP contribution in [0.15, 0.2) is 41.8 Å². The van der Waals surface area contributed by atoms with Gasteiger partial charge in [0.1, 0.15) is 6.54 Å². The van der Waals surface area contributed by atoms with Gasteiger partial charge >= 0.3 is 6.03 Å². The van der Waals surface area contributed by atoms with Crippen LogP contribution in [0.3, 0.4) is 0 Å². The highest BCUT2D eigenvalue weighted by Gasteiger charge is 2.50. The summed E-state index contributed by atoms with van der Waals surface area (Å²) in [5.41, 5.74) is 0.722. The average molecular weight is 385 g/mol. The summed E-state index contributed by atoms with van der Waals surface area (Å²) in [5.74, 6) is -0.377. The van der Waals surface area contributed by atoms with Crippen molar-refractivity contribution in [1.82, 2.24) is 10.2 Å². The summed E-state index contributed by atoms with van der Waals surface area (Å²) in [6, 6.07) is 10.7. The van der Waals surface area contributed by atoms with Crippen molar-refractivity contribution >= 4 is 34.9 Å². The Morgan fingerprint density at radius 1 is 1.26 bits per heavy atom. The van der Waals surface area contributed by atoms with Gasteiger partial charge in [-0.15, -0.1) is 11.3 Å². The van der Waals surface area contributed by atoms with Gasteiger partial charge in [0.25, 0.3) is 5.91 Å². The van der Waals surface area contributed by atoms with Crippen molar-refractivity contribution in [3.63, 3.8) is 0 Å². The quantitative estimate of drug-likeness (QED) is 0.745. The Labute approximate surface area is 162 Å². The van der Waals surface area contributed by atoms with Crippen molar-refractivity contribution in [3.8, 4) is 0 Å². The first-order chi connectivity index (χ1) is 12.8. The third-order valence-corrected chi connectivity index (χ3v) is 6.06.